The lowest BCUT2D eigenvalue weighted by atomic mass is 10.2. The number of ether oxygens (including phenoxy) is 1. The normalized spacial score (nSPS) is 21.6. The maximum absolute atomic E-state index is 6.12. The van der Waals surface area contributed by atoms with E-state index in [0.29, 0.717) is 17.0 Å². The monoisotopic (exact) mass is 269 g/mol. The predicted molar refractivity (Wildman–Crippen MR) is 71.9 cm³/mol. The second-order valence-electron chi connectivity index (χ2n) is 5.03. The Morgan fingerprint density at radius 3 is 2.67 bits per heavy atom. The van der Waals surface area contributed by atoms with E-state index in [2.05, 4.69) is 28.7 Å². The summed E-state index contributed by atoms with van der Waals surface area (Å²) in [5, 5.41) is 0.530. The number of aromatic nitrogens is 2. The van der Waals surface area contributed by atoms with Gasteiger partial charge < -0.3 is 4.74 Å². The van der Waals surface area contributed by atoms with Crippen LogP contribution in [0.2, 0.25) is 5.15 Å². The molecule has 18 heavy (non-hydrogen) atoms. The van der Waals surface area contributed by atoms with E-state index in [9.17, 15) is 0 Å². The molecule has 1 fully saturated rings. The van der Waals surface area contributed by atoms with Crippen LogP contribution in [0.25, 0.3) is 0 Å². The highest BCUT2D eigenvalue weighted by molar-refractivity contribution is 6.30. The third-order valence-electron chi connectivity index (χ3n) is 3.46. The fourth-order valence-corrected chi connectivity index (χ4v) is 2.28. The summed E-state index contributed by atoms with van der Waals surface area (Å²) in [6.07, 6.45) is -0.0713. The molecule has 0 aliphatic carbocycles. The second kappa shape index (κ2) is 5.51. The zero-order valence-corrected chi connectivity index (χ0v) is 12.2. The Kier molecular flexibility index (Phi) is 4.20. The maximum Gasteiger partial charge on any atom is 0.160 e. The van der Waals surface area contributed by atoms with Crippen LogP contribution in [0, 0.1) is 13.8 Å². The summed E-state index contributed by atoms with van der Waals surface area (Å²) in [5.74, 6) is 0.702. The first kappa shape index (κ1) is 13.7. The predicted octanol–water partition coefficient (Wildman–Crippen LogP) is 2.53. The van der Waals surface area contributed by atoms with Gasteiger partial charge in [-0.25, -0.2) is 9.97 Å². The Balaban J connectivity index is 2.21. The van der Waals surface area contributed by atoms with Crippen LogP contribution in [0.3, 0.4) is 0 Å². The SMILES string of the molecule is Cc1nc(C2CN(C(C)C)CCO2)nc(Cl)c1C. The summed E-state index contributed by atoms with van der Waals surface area (Å²) < 4.78 is 5.77. The van der Waals surface area contributed by atoms with Crippen molar-refractivity contribution in [2.24, 2.45) is 0 Å². The Hall–Kier alpha value is -0.710. The van der Waals surface area contributed by atoms with Crippen molar-refractivity contribution in [3.63, 3.8) is 0 Å². The molecule has 1 aromatic heterocycles. The number of aryl methyl sites for hydroxylation is 1. The van der Waals surface area contributed by atoms with Gasteiger partial charge in [0.25, 0.3) is 0 Å². The third-order valence-corrected chi connectivity index (χ3v) is 3.83. The molecule has 0 radical (unpaired) electrons. The van der Waals surface area contributed by atoms with Crippen LogP contribution in [-0.4, -0.2) is 40.6 Å². The fourth-order valence-electron chi connectivity index (χ4n) is 2.05. The average Bonchev–Trinajstić information content (AvgIpc) is 2.35. The molecule has 0 spiro atoms. The van der Waals surface area contributed by atoms with E-state index in [0.717, 1.165) is 31.0 Å². The van der Waals surface area contributed by atoms with Gasteiger partial charge in [-0.05, 0) is 27.7 Å². The van der Waals surface area contributed by atoms with Gasteiger partial charge in [0.2, 0.25) is 0 Å². The zero-order valence-electron chi connectivity index (χ0n) is 11.4. The smallest absolute Gasteiger partial charge is 0.160 e. The van der Waals surface area contributed by atoms with Crippen LogP contribution in [0.1, 0.15) is 37.0 Å². The van der Waals surface area contributed by atoms with Crippen LogP contribution in [0.5, 0.6) is 0 Å². The molecule has 1 aliphatic rings. The summed E-state index contributed by atoms with van der Waals surface area (Å²) in [7, 11) is 0. The highest BCUT2D eigenvalue weighted by Gasteiger charge is 2.26. The lowest BCUT2D eigenvalue weighted by Gasteiger charge is -2.34. The minimum atomic E-state index is -0.0713. The van der Waals surface area contributed by atoms with Gasteiger partial charge in [0.05, 0.1) is 6.61 Å². The summed E-state index contributed by atoms with van der Waals surface area (Å²) in [6, 6.07) is 0.512. The number of nitrogens with zero attached hydrogens (tertiary/aromatic N) is 3. The first-order chi connectivity index (χ1) is 8.49. The molecule has 0 amide bonds. The van der Waals surface area contributed by atoms with Crippen LogP contribution < -0.4 is 0 Å². The Morgan fingerprint density at radius 1 is 1.33 bits per heavy atom. The standard InChI is InChI=1S/C13H20ClN3O/c1-8(2)17-5-6-18-11(7-17)13-15-10(4)9(3)12(14)16-13/h8,11H,5-7H2,1-4H3. The highest BCUT2D eigenvalue weighted by atomic mass is 35.5. The summed E-state index contributed by atoms with van der Waals surface area (Å²) in [5.41, 5.74) is 1.87. The van der Waals surface area contributed by atoms with Gasteiger partial charge in [-0.15, -0.1) is 0 Å². The average molecular weight is 270 g/mol. The molecular formula is C13H20ClN3O. The lowest BCUT2D eigenvalue weighted by Crippen LogP contribution is -2.42. The Morgan fingerprint density at radius 2 is 2.06 bits per heavy atom. The molecule has 1 atom stereocenters. The first-order valence-corrected chi connectivity index (χ1v) is 6.73. The largest absolute Gasteiger partial charge is 0.368 e. The molecule has 2 rings (SSSR count). The number of hydrogen-bond acceptors (Lipinski definition) is 4. The fraction of sp³-hybridized carbons (Fsp3) is 0.692. The molecule has 1 aliphatic heterocycles. The van der Waals surface area contributed by atoms with E-state index in [1.807, 2.05) is 13.8 Å². The van der Waals surface area contributed by atoms with Gasteiger partial charge in [0, 0.05) is 30.4 Å². The molecule has 1 saturated heterocycles. The lowest BCUT2D eigenvalue weighted by molar-refractivity contribution is -0.0443. The van der Waals surface area contributed by atoms with Crippen molar-refractivity contribution in [1.29, 1.82) is 0 Å². The topological polar surface area (TPSA) is 38.2 Å². The molecule has 1 unspecified atom stereocenters. The van der Waals surface area contributed by atoms with Crippen molar-refractivity contribution in [2.75, 3.05) is 19.7 Å². The van der Waals surface area contributed by atoms with E-state index in [1.54, 1.807) is 0 Å². The molecule has 100 valence electrons. The van der Waals surface area contributed by atoms with Gasteiger partial charge in [-0.3, -0.25) is 4.90 Å². The van der Waals surface area contributed by atoms with Gasteiger partial charge in [0.1, 0.15) is 11.3 Å². The van der Waals surface area contributed by atoms with E-state index in [1.165, 1.54) is 0 Å². The van der Waals surface area contributed by atoms with Gasteiger partial charge in [-0.2, -0.15) is 0 Å². The molecule has 5 heteroatoms. The molecule has 0 aromatic carbocycles. The summed E-state index contributed by atoms with van der Waals surface area (Å²) in [4.78, 5) is 11.2. The third kappa shape index (κ3) is 2.82. The number of hydrogen-bond donors (Lipinski definition) is 0. The minimum Gasteiger partial charge on any atom is -0.368 e. The van der Waals surface area contributed by atoms with Crippen molar-refractivity contribution in [3.8, 4) is 0 Å². The van der Waals surface area contributed by atoms with Crippen molar-refractivity contribution < 1.29 is 4.74 Å². The Labute approximate surface area is 113 Å². The number of morpholine rings is 1. The maximum atomic E-state index is 6.12. The van der Waals surface area contributed by atoms with Crippen molar-refractivity contribution >= 4 is 11.6 Å². The summed E-state index contributed by atoms with van der Waals surface area (Å²) >= 11 is 6.12. The molecule has 4 nitrogen and oxygen atoms in total. The minimum absolute atomic E-state index is 0.0713. The van der Waals surface area contributed by atoms with Gasteiger partial charge in [-0.1, -0.05) is 11.6 Å². The van der Waals surface area contributed by atoms with E-state index < -0.39 is 0 Å². The molecule has 0 bridgehead atoms. The van der Waals surface area contributed by atoms with Crippen LogP contribution in [0.15, 0.2) is 0 Å². The summed E-state index contributed by atoms with van der Waals surface area (Å²) in [6.45, 7) is 10.8. The van der Waals surface area contributed by atoms with E-state index >= 15 is 0 Å². The molecule has 0 saturated carbocycles. The van der Waals surface area contributed by atoms with Crippen LogP contribution in [-0.2, 0) is 4.74 Å². The van der Waals surface area contributed by atoms with Crippen LogP contribution in [0.4, 0.5) is 0 Å². The molecule has 2 heterocycles. The first-order valence-electron chi connectivity index (χ1n) is 6.35. The van der Waals surface area contributed by atoms with E-state index in [-0.39, 0.29) is 6.10 Å². The van der Waals surface area contributed by atoms with Crippen molar-refractivity contribution in [2.45, 2.75) is 39.8 Å². The number of rotatable bonds is 2. The zero-order chi connectivity index (χ0) is 13.3. The van der Waals surface area contributed by atoms with E-state index in [4.69, 9.17) is 16.3 Å². The molecule has 0 N–H and O–H groups in total. The highest BCUT2D eigenvalue weighted by Crippen LogP contribution is 2.24. The quantitative estimate of drug-likeness (QED) is 0.774. The second-order valence-corrected chi connectivity index (χ2v) is 5.39. The Bertz CT molecular complexity index is 413. The van der Waals surface area contributed by atoms with Crippen LogP contribution >= 0.6 is 11.6 Å². The van der Waals surface area contributed by atoms with Crippen molar-refractivity contribution in [1.82, 2.24) is 14.9 Å². The molecule has 1 aromatic rings. The van der Waals surface area contributed by atoms with Crippen molar-refractivity contribution in [3.05, 3.63) is 22.2 Å². The van der Waals surface area contributed by atoms with Gasteiger partial charge >= 0.3 is 0 Å². The number of halogens is 1. The molecular weight excluding hydrogens is 250 g/mol. The van der Waals surface area contributed by atoms with Gasteiger partial charge in [0.15, 0.2) is 5.82 Å².